The van der Waals surface area contributed by atoms with Crippen LogP contribution in [0.3, 0.4) is 0 Å². The highest BCUT2D eigenvalue weighted by Gasteiger charge is 2.09. The first-order valence-electron chi connectivity index (χ1n) is 5.68. The lowest BCUT2D eigenvalue weighted by Gasteiger charge is -2.07. The van der Waals surface area contributed by atoms with Gasteiger partial charge in [-0.1, -0.05) is 12.1 Å². The largest absolute Gasteiger partial charge is 0.319 e. The highest BCUT2D eigenvalue weighted by molar-refractivity contribution is 6.04. The van der Waals surface area contributed by atoms with Crippen molar-refractivity contribution in [2.75, 3.05) is 5.32 Å². The Morgan fingerprint density at radius 3 is 2.74 bits per heavy atom. The monoisotopic (exact) mass is 254 g/mol. The molecule has 0 unspecified atom stereocenters. The summed E-state index contributed by atoms with van der Waals surface area (Å²) in [6.07, 6.45) is 0. The average molecular weight is 254 g/mol. The molecule has 0 saturated heterocycles. The smallest absolute Gasteiger partial charge is 0.255 e. The van der Waals surface area contributed by atoms with E-state index < -0.39 is 11.7 Å². The minimum Gasteiger partial charge on any atom is -0.319 e. The van der Waals surface area contributed by atoms with Crippen LogP contribution in [-0.4, -0.2) is 5.91 Å². The van der Waals surface area contributed by atoms with Crippen molar-refractivity contribution in [1.29, 1.82) is 5.26 Å². The maximum atomic E-state index is 13.6. The number of nitrogens with one attached hydrogen (secondary N) is 1. The number of carbonyl (C=O) groups excluding carboxylic acids is 1. The van der Waals surface area contributed by atoms with Crippen LogP contribution in [0, 0.1) is 24.1 Å². The molecule has 0 fully saturated rings. The van der Waals surface area contributed by atoms with E-state index in [-0.39, 0.29) is 5.69 Å². The standard InChI is InChI=1S/C15H11FN2O/c1-10-5-6-14(13(16)7-10)18-15(19)12-4-2-3-11(8-12)9-17/h2-8H,1H3,(H,18,19). The highest BCUT2D eigenvalue weighted by atomic mass is 19.1. The molecule has 0 spiro atoms. The Balaban J connectivity index is 2.23. The Morgan fingerprint density at radius 2 is 2.05 bits per heavy atom. The van der Waals surface area contributed by atoms with E-state index in [0.717, 1.165) is 5.56 Å². The first-order chi connectivity index (χ1) is 9.10. The summed E-state index contributed by atoms with van der Waals surface area (Å²) < 4.78 is 13.6. The molecule has 0 aliphatic heterocycles. The van der Waals surface area contributed by atoms with Crippen LogP contribution < -0.4 is 5.32 Å². The van der Waals surface area contributed by atoms with E-state index in [1.807, 2.05) is 6.07 Å². The quantitative estimate of drug-likeness (QED) is 0.894. The minimum absolute atomic E-state index is 0.123. The zero-order valence-corrected chi connectivity index (χ0v) is 10.3. The van der Waals surface area contributed by atoms with Gasteiger partial charge in [0.15, 0.2) is 0 Å². The average Bonchev–Trinajstić information content (AvgIpc) is 2.42. The molecule has 0 heterocycles. The number of nitrogens with zero attached hydrogens (tertiary/aromatic N) is 1. The van der Waals surface area contributed by atoms with Gasteiger partial charge in [0.2, 0.25) is 0 Å². The van der Waals surface area contributed by atoms with Crippen LogP contribution in [0.2, 0.25) is 0 Å². The van der Waals surface area contributed by atoms with Crippen LogP contribution in [0.4, 0.5) is 10.1 Å². The summed E-state index contributed by atoms with van der Waals surface area (Å²) in [7, 11) is 0. The van der Waals surface area contributed by atoms with Gasteiger partial charge in [-0.2, -0.15) is 5.26 Å². The summed E-state index contributed by atoms with van der Waals surface area (Å²) in [4.78, 5) is 11.9. The SMILES string of the molecule is Cc1ccc(NC(=O)c2cccc(C#N)c2)c(F)c1. The van der Waals surface area contributed by atoms with Gasteiger partial charge in [0, 0.05) is 5.56 Å². The minimum atomic E-state index is -0.482. The molecular formula is C15H11FN2O. The van der Waals surface area contributed by atoms with Crippen molar-refractivity contribution < 1.29 is 9.18 Å². The molecule has 0 atom stereocenters. The Morgan fingerprint density at radius 1 is 1.26 bits per heavy atom. The lowest BCUT2D eigenvalue weighted by molar-refractivity contribution is 0.102. The highest BCUT2D eigenvalue weighted by Crippen LogP contribution is 2.16. The molecule has 0 aliphatic carbocycles. The second kappa shape index (κ2) is 5.32. The maximum Gasteiger partial charge on any atom is 0.255 e. The van der Waals surface area contributed by atoms with Gasteiger partial charge in [0.25, 0.3) is 5.91 Å². The lowest BCUT2D eigenvalue weighted by atomic mass is 10.1. The van der Waals surface area contributed by atoms with Crippen LogP contribution in [0.25, 0.3) is 0 Å². The summed E-state index contributed by atoms with van der Waals surface area (Å²) in [6, 6.07) is 12.8. The number of hydrogen-bond acceptors (Lipinski definition) is 2. The van der Waals surface area contributed by atoms with Crippen molar-refractivity contribution in [1.82, 2.24) is 0 Å². The Bertz CT molecular complexity index is 674. The summed E-state index contributed by atoms with van der Waals surface area (Å²) >= 11 is 0. The van der Waals surface area contributed by atoms with Crippen LogP contribution in [0.5, 0.6) is 0 Å². The molecule has 0 aromatic heterocycles. The first kappa shape index (κ1) is 12.8. The van der Waals surface area contributed by atoms with E-state index in [9.17, 15) is 9.18 Å². The number of hydrogen-bond donors (Lipinski definition) is 1. The number of amides is 1. The van der Waals surface area contributed by atoms with E-state index in [0.29, 0.717) is 11.1 Å². The van der Waals surface area contributed by atoms with E-state index >= 15 is 0 Å². The zero-order chi connectivity index (χ0) is 13.8. The van der Waals surface area contributed by atoms with Gasteiger partial charge < -0.3 is 5.32 Å². The summed E-state index contributed by atoms with van der Waals surface area (Å²) in [5.41, 5.74) is 1.61. The van der Waals surface area contributed by atoms with Crippen molar-refractivity contribution in [2.24, 2.45) is 0 Å². The predicted molar refractivity (Wildman–Crippen MR) is 70.2 cm³/mol. The summed E-state index contributed by atoms with van der Waals surface area (Å²) in [5, 5.41) is 11.2. The molecule has 0 bridgehead atoms. The van der Waals surface area contributed by atoms with E-state index in [1.54, 1.807) is 31.2 Å². The Kier molecular flexibility index (Phi) is 3.58. The van der Waals surface area contributed by atoms with Crippen molar-refractivity contribution in [3.05, 3.63) is 65.0 Å². The molecule has 2 aromatic rings. The third-order valence-electron chi connectivity index (χ3n) is 2.63. The third kappa shape index (κ3) is 2.96. The van der Waals surface area contributed by atoms with Crippen molar-refractivity contribution in [3.8, 4) is 6.07 Å². The van der Waals surface area contributed by atoms with Crippen LogP contribution >= 0.6 is 0 Å². The second-order valence-electron chi connectivity index (χ2n) is 4.13. The first-order valence-corrected chi connectivity index (χ1v) is 5.68. The number of rotatable bonds is 2. The molecule has 4 heteroatoms. The molecule has 0 saturated carbocycles. The van der Waals surface area contributed by atoms with Crippen molar-refractivity contribution in [2.45, 2.75) is 6.92 Å². The van der Waals surface area contributed by atoms with Crippen LogP contribution in [-0.2, 0) is 0 Å². The zero-order valence-electron chi connectivity index (χ0n) is 10.3. The molecule has 2 aromatic carbocycles. The number of anilines is 1. The van der Waals surface area contributed by atoms with Crippen LogP contribution in [0.1, 0.15) is 21.5 Å². The van der Waals surface area contributed by atoms with Crippen molar-refractivity contribution in [3.63, 3.8) is 0 Å². The van der Waals surface area contributed by atoms with Gasteiger partial charge in [0.1, 0.15) is 5.82 Å². The molecule has 19 heavy (non-hydrogen) atoms. The molecule has 0 radical (unpaired) electrons. The molecule has 1 amide bonds. The van der Waals surface area contributed by atoms with Gasteiger partial charge >= 0.3 is 0 Å². The molecule has 3 nitrogen and oxygen atoms in total. The Hall–Kier alpha value is -2.67. The molecular weight excluding hydrogens is 243 g/mol. The van der Waals surface area contributed by atoms with Gasteiger partial charge in [-0.25, -0.2) is 4.39 Å². The molecule has 0 aliphatic rings. The number of aryl methyl sites for hydroxylation is 1. The number of carbonyl (C=O) groups is 1. The fourth-order valence-corrected chi connectivity index (χ4v) is 1.65. The molecule has 2 rings (SSSR count). The Labute approximate surface area is 110 Å². The number of halogens is 1. The van der Waals surface area contributed by atoms with E-state index in [4.69, 9.17) is 5.26 Å². The number of benzene rings is 2. The van der Waals surface area contributed by atoms with Gasteiger partial charge in [-0.15, -0.1) is 0 Å². The summed E-state index contributed by atoms with van der Waals surface area (Å²) in [5.74, 6) is -0.926. The number of nitriles is 1. The van der Waals surface area contributed by atoms with E-state index in [1.165, 1.54) is 18.2 Å². The van der Waals surface area contributed by atoms with Gasteiger partial charge in [-0.05, 0) is 42.8 Å². The van der Waals surface area contributed by atoms with Crippen molar-refractivity contribution >= 4 is 11.6 Å². The normalized spacial score (nSPS) is 9.74. The van der Waals surface area contributed by atoms with E-state index in [2.05, 4.69) is 5.32 Å². The fourth-order valence-electron chi connectivity index (χ4n) is 1.65. The van der Waals surface area contributed by atoms with Crippen LogP contribution in [0.15, 0.2) is 42.5 Å². The van der Waals surface area contributed by atoms with Gasteiger partial charge in [-0.3, -0.25) is 4.79 Å². The maximum absolute atomic E-state index is 13.6. The van der Waals surface area contributed by atoms with Gasteiger partial charge in [0.05, 0.1) is 17.3 Å². The second-order valence-corrected chi connectivity index (χ2v) is 4.13. The lowest BCUT2D eigenvalue weighted by Crippen LogP contribution is -2.13. The fraction of sp³-hybridized carbons (Fsp3) is 0.0667. The summed E-state index contributed by atoms with van der Waals surface area (Å²) in [6.45, 7) is 1.77. The molecule has 94 valence electrons. The topological polar surface area (TPSA) is 52.9 Å². The predicted octanol–water partition coefficient (Wildman–Crippen LogP) is 3.26. The third-order valence-corrected chi connectivity index (χ3v) is 2.63. The molecule has 1 N–H and O–H groups in total.